The van der Waals surface area contributed by atoms with E-state index < -0.39 is 0 Å². The number of ether oxygens (including phenoxy) is 2. The third-order valence-corrected chi connectivity index (χ3v) is 5.74. The lowest BCUT2D eigenvalue weighted by molar-refractivity contribution is -0.133. The van der Waals surface area contributed by atoms with Gasteiger partial charge in [0.15, 0.2) is 0 Å². The van der Waals surface area contributed by atoms with Crippen molar-refractivity contribution in [2.75, 3.05) is 39.4 Å². The van der Waals surface area contributed by atoms with Crippen molar-refractivity contribution in [3.05, 3.63) is 60.2 Å². The zero-order valence-electron chi connectivity index (χ0n) is 17.4. The molecule has 160 valence electrons. The van der Waals surface area contributed by atoms with Gasteiger partial charge in [-0.2, -0.15) is 0 Å². The van der Waals surface area contributed by atoms with Gasteiger partial charge in [-0.3, -0.25) is 19.7 Å². The maximum absolute atomic E-state index is 13.1. The smallest absolute Gasteiger partial charge is 0.236 e. The average Bonchev–Trinajstić information content (AvgIpc) is 2.92. The molecule has 2 saturated heterocycles. The molecule has 7 nitrogen and oxygen atoms in total. The van der Waals surface area contributed by atoms with E-state index in [1.807, 2.05) is 41.4 Å². The van der Waals surface area contributed by atoms with E-state index in [1.165, 1.54) is 0 Å². The van der Waals surface area contributed by atoms with Crippen molar-refractivity contribution in [2.45, 2.75) is 32.1 Å². The second-order valence-corrected chi connectivity index (χ2v) is 8.14. The summed E-state index contributed by atoms with van der Waals surface area (Å²) in [5.41, 5.74) is 2.01. The predicted octanol–water partition coefficient (Wildman–Crippen LogP) is 2.13. The van der Waals surface area contributed by atoms with Crippen molar-refractivity contribution in [3.8, 4) is 0 Å². The van der Waals surface area contributed by atoms with Crippen molar-refractivity contribution in [2.24, 2.45) is 5.92 Å². The summed E-state index contributed by atoms with van der Waals surface area (Å²) >= 11 is 0. The zero-order valence-corrected chi connectivity index (χ0v) is 17.4. The van der Waals surface area contributed by atoms with Gasteiger partial charge in [0.25, 0.3) is 0 Å². The monoisotopic (exact) mass is 410 g/mol. The topological polar surface area (TPSA) is 67.8 Å². The van der Waals surface area contributed by atoms with E-state index in [9.17, 15) is 4.79 Å². The van der Waals surface area contributed by atoms with Crippen LogP contribution in [0.3, 0.4) is 0 Å². The highest BCUT2D eigenvalue weighted by Gasteiger charge is 2.30. The summed E-state index contributed by atoms with van der Waals surface area (Å²) in [4.78, 5) is 25.8. The van der Waals surface area contributed by atoms with Gasteiger partial charge in [-0.15, -0.1) is 0 Å². The second-order valence-electron chi connectivity index (χ2n) is 8.14. The molecule has 2 aliphatic rings. The number of carbonyl (C=O) groups is 1. The molecule has 2 aromatic rings. The van der Waals surface area contributed by atoms with Gasteiger partial charge in [-0.1, -0.05) is 12.1 Å². The molecule has 30 heavy (non-hydrogen) atoms. The van der Waals surface area contributed by atoms with Crippen LogP contribution in [-0.2, 0) is 27.4 Å². The van der Waals surface area contributed by atoms with Gasteiger partial charge < -0.3 is 14.4 Å². The molecular formula is C23H30N4O3. The minimum absolute atomic E-state index is 0.0602. The molecule has 1 amide bonds. The van der Waals surface area contributed by atoms with Crippen molar-refractivity contribution in [3.63, 3.8) is 0 Å². The summed E-state index contributed by atoms with van der Waals surface area (Å²) in [6.45, 7) is 5.23. The van der Waals surface area contributed by atoms with Gasteiger partial charge in [-0.25, -0.2) is 0 Å². The number of pyridine rings is 2. The first-order valence-corrected chi connectivity index (χ1v) is 10.7. The van der Waals surface area contributed by atoms with Gasteiger partial charge in [0.05, 0.1) is 24.9 Å². The third kappa shape index (κ3) is 6.08. The highest BCUT2D eigenvalue weighted by atomic mass is 16.5. The van der Waals surface area contributed by atoms with E-state index in [4.69, 9.17) is 9.47 Å². The molecule has 1 unspecified atom stereocenters. The van der Waals surface area contributed by atoms with Crippen LogP contribution in [-0.4, -0.2) is 71.2 Å². The fraction of sp³-hybridized carbons (Fsp3) is 0.522. The largest absolute Gasteiger partial charge is 0.381 e. The Kier molecular flexibility index (Phi) is 7.39. The Morgan fingerprint density at radius 1 is 1.10 bits per heavy atom. The molecule has 0 aromatic carbocycles. The van der Waals surface area contributed by atoms with Crippen LogP contribution in [0.4, 0.5) is 0 Å². The fourth-order valence-electron chi connectivity index (χ4n) is 4.13. The molecule has 2 aliphatic heterocycles. The number of hydrogen-bond donors (Lipinski definition) is 0. The first kappa shape index (κ1) is 20.9. The molecule has 7 heteroatoms. The summed E-state index contributed by atoms with van der Waals surface area (Å²) < 4.78 is 11.7. The summed E-state index contributed by atoms with van der Waals surface area (Å²) in [7, 11) is 0. The number of nitrogens with zero attached hydrogens (tertiary/aromatic N) is 4. The first-order valence-electron chi connectivity index (χ1n) is 10.7. The van der Waals surface area contributed by atoms with Gasteiger partial charge in [-0.05, 0) is 42.5 Å². The highest BCUT2D eigenvalue weighted by molar-refractivity contribution is 5.78. The lowest BCUT2D eigenvalue weighted by Gasteiger charge is -2.30. The Labute approximate surface area is 178 Å². The minimum Gasteiger partial charge on any atom is -0.381 e. The van der Waals surface area contributed by atoms with Crippen LogP contribution in [0.5, 0.6) is 0 Å². The number of aromatic nitrogens is 2. The van der Waals surface area contributed by atoms with E-state index in [0.717, 1.165) is 43.9 Å². The molecule has 4 heterocycles. The van der Waals surface area contributed by atoms with Gasteiger partial charge in [0.1, 0.15) is 0 Å². The molecule has 1 atom stereocenters. The summed E-state index contributed by atoms with van der Waals surface area (Å²) in [6, 6.07) is 9.82. The molecule has 0 spiro atoms. The van der Waals surface area contributed by atoms with E-state index in [-0.39, 0.29) is 12.0 Å². The number of rotatable bonds is 7. The van der Waals surface area contributed by atoms with Crippen LogP contribution in [0.1, 0.15) is 24.1 Å². The Morgan fingerprint density at radius 2 is 2.00 bits per heavy atom. The normalized spacial score (nSPS) is 21.5. The Bertz CT molecular complexity index is 784. The van der Waals surface area contributed by atoms with Crippen molar-refractivity contribution in [1.82, 2.24) is 19.8 Å². The van der Waals surface area contributed by atoms with E-state index in [1.54, 1.807) is 12.4 Å². The molecular weight excluding hydrogens is 380 g/mol. The second kappa shape index (κ2) is 10.6. The molecule has 0 radical (unpaired) electrons. The number of amides is 1. The summed E-state index contributed by atoms with van der Waals surface area (Å²) in [5.74, 6) is 0.679. The Balaban J connectivity index is 1.44. The molecule has 2 aromatic heterocycles. The molecule has 0 saturated carbocycles. The van der Waals surface area contributed by atoms with Crippen molar-refractivity contribution >= 4 is 5.91 Å². The van der Waals surface area contributed by atoms with Gasteiger partial charge >= 0.3 is 0 Å². The van der Waals surface area contributed by atoms with E-state index in [2.05, 4.69) is 14.9 Å². The maximum atomic E-state index is 13.1. The Hall–Kier alpha value is -2.35. The van der Waals surface area contributed by atoms with E-state index >= 15 is 0 Å². The maximum Gasteiger partial charge on any atom is 0.236 e. The SMILES string of the molecule is O=C1CN(Cc2cccnc2)CC(OCc2ccccn2)CN1CC1CCOCC1. The standard InChI is InChI=1S/C23H30N4O3/c28-23-17-26(13-20-4-3-8-24-12-20)15-22(30-18-21-5-1-2-9-25-21)16-27(23)14-19-6-10-29-11-7-19/h1-5,8-9,12,19,22H,6-7,10-11,13-18H2. The number of hydrogen-bond acceptors (Lipinski definition) is 6. The van der Waals surface area contributed by atoms with Gasteiger partial charge in [0, 0.05) is 58.0 Å². The molecule has 0 N–H and O–H groups in total. The van der Waals surface area contributed by atoms with E-state index in [0.29, 0.717) is 38.7 Å². The molecule has 0 bridgehead atoms. The highest BCUT2D eigenvalue weighted by Crippen LogP contribution is 2.19. The van der Waals surface area contributed by atoms with Crippen LogP contribution in [0, 0.1) is 5.92 Å². The Morgan fingerprint density at radius 3 is 2.77 bits per heavy atom. The van der Waals surface area contributed by atoms with Crippen LogP contribution in [0.15, 0.2) is 48.9 Å². The predicted molar refractivity (Wildman–Crippen MR) is 112 cm³/mol. The first-order chi connectivity index (χ1) is 14.8. The van der Waals surface area contributed by atoms with Crippen molar-refractivity contribution < 1.29 is 14.3 Å². The van der Waals surface area contributed by atoms with Crippen LogP contribution in [0.25, 0.3) is 0 Å². The third-order valence-electron chi connectivity index (χ3n) is 5.74. The zero-order chi connectivity index (χ0) is 20.6. The lowest BCUT2D eigenvalue weighted by Crippen LogP contribution is -2.42. The molecule has 4 rings (SSSR count). The summed E-state index contributed by atoms with van der Waals surface area (Å²) in [5, 5.41) is 0. The number of carbonyl (C=O) groups excluding carboxylic acids is 1. The fourth-order valence-corrected chi connectivity index (χ4v) is 4.13. The average molecular weight is 411 g/mol. The molecule has 0 aliphatic carbocycles. The quantitative estimate of drug-likeness (QED) is 0.697. The molecule has 2 fully saturated rings. The van der Waals surface area contributed by atoms with Crippen LogP contribution < -0.4 is 0 Å². The van der Waals surface area contributed by atoms with Crippen molar-refractivity contribution in [1.29, 1.82) is 0 Å². The van der Waals surface area contributed by atoms with Crippen LogP contribution in [0.2, 0.25) is 0 Å². The summed E-state index contributed by atoms with van der Waals surface area (Å²) in [6.07, 6.45) is 7.38. The lowest BCUT2D eigenvalue weighted by atomic mass is 9.99. The minimum atomic E-state index is -0.0602. The van der Waals surface area contributed by atoms with Crippen LogP contribution >= 0.6 is 0 Å². The van der Waals surface area contributed by atoms with Gasteiger partial charge in [0.2, 0.25) is 5.91 Å².